The van der Waals surface area contributed by atoms with E-state index in [1.54, 1.807) is 30.5 Å². The minimum Gasteiger partial charge on any atom is -0.455 e. The number of aliphatic hydroxyl groups is 1. The van der Waals surface area contributed by atoms with Crippen molar-refractivity contribution in [1.82, 2.24) is 4.98 Å². The minimum absolute atomic E-state index is 0.134. The topological polar surface area (TPSA) is 46.3 Å². The number of fused-ring (bicyclic) bond motifs is 1. The van der Waals surface area contributed by atoms with E-state index in [0.717, 1.165) is 4.47 Å². The Labute approximate surface area is 130 Å². The van der Waals surface area contributed by atoms with Gasteiger partial charge in [-0.25, -0.2) is 4.39 Å². The SMILES string of the molecule is OC(c1cc2cccc(F)c2o1)c1ncc(Br)cc1Br. The van der Waals surface area contributed by atoms with Crippen LogP contribution in [0.2, 0.25) is 0 Å². The van der Waals surface area contributed by atoms with Gasteiger partial charge in [-0.15, -0.1) is 0 Å². The summed E-state index contributed by atoms with van der Waals surface area (Å²) in [5.74, 6) is -0.204. The van der Waals surface area contributed by atoms with Crippen molar-refractivity contribution in [3.63, 3.8) is 0 Å². The second-order valence-corrected chi connectivity index (χ2v) is 6.00. The van der Waals surface area contributed by atoms with E-state index in [9.17, 15) is 9.50 Å². The lowest BCUT2D eigenvalue weighted by Crippen LogP contribution is -2.02. The van der Waals surface area contributed by atoms with Crippen molar-refractivity contribution < 1.29 is 13.9 Å². The lowest BCUT2D eigenvalue weighted by molar-refractivity contribution is 0.186. The summed E-state index contributed by atoms with van der Waals surface area (Å²) < 4.78 is 20.4. The van der Waals surface area contributed by atoms with Crippen LogP contribution < -0.4 is 0 Å². The highest BCUT2D eigenvalue weighted by molar-refractivity contribution is 9.11. The highest BCUT2D eigenvalue weighted by Gasteiger charge is 2.20. The van der Waals surface area contributed by atoms with E-state index in [4.69, 9.17) is 4.42 Å². The van der Waals surface area contributed by atoms with Crippen molar-refractivity contribution in [2.75, 3.05) is 0 Å². The number of pyridine rings is 1. The number of para-hydroxylation sites is 1. The summed E-state index contributed by atoms with van der Waals surface area (Å²) in [5.41, 5.74) is 0.544. The maximum atomic E-state index is 13.6. The van der Waals surface area contributed by atoms with Gasteiger partial charge in [0.2, 0.25) is 0 Å². The molecule has 1 atom stereocenters. The molecule has 0 aliphatic heterocycles. The van der Waals surface area contributed by atoms with Crippen LogP contribution in [0.3, 0.4) is 0 Å². The number of aromatic nitrogens is 1. The van der Waals surface area contributed by atoms with E-state index >= 15 is 0 Å². The van der Waals surface area contributed by atoms with E-state index in [-0.39, 0.29) is 11.3 Å². The Balaban J connectivity index is 2.08. The summed E-state index contributed by atoms with van der Waals surface area (Å²) in [7, 11) is 0. The van der Waals surface area contributed by atoms with Gasteiger partial charge in [-0.2, -0.15) is 0 Å². The van der Waals surface area contributed by atoms with Gasteiger partial charge in [-0.1, -0.05) is 12.1 Å². The summed E-state index contributed by atoms with van der Waals surface area (Å²) >= 11 is 6.63. The van der Waals surface area contributed by atoms with Crippen molar-refractivity contribution in [2.45, 2.75) is 6.10 Å². The number of benzene rings is 1. The number of furan rings is 1. The maximum Gasteiger partial charge on any atom is 0.170 e. The van der Waals surface area contributed by atoms with Gasteiger partial charge in [-0.05, 0) is 50.1 Å². The average Bonchev–Trinajstić information content (AvgIpc) is 2.83. The van der Waals surface area contributed by atoms with Crippen molar-refractivity contribution in [3.8, 4) is 0 Å². The highest BCUT2D eigenvalue weighted by Crippen LogP contribution is 2.32. The first-order chi connectivity index (χ1) is 9.56. The van der Waals surface area contributed by atoms with Crippen LogP contribution in [-0.2, 0) is 0 Å². The first-order valence-corrected chi connectivity index (χ1v) is 7.32. The van der Waals surface area contributed by atoms with Crippen LogP contribution in [-0.4, -0.2) is 10.1 Å². The second kappa shape index (κ2) is 5.27. The maximum absolute atomic E-state index is 13.6. The molecular weight excluding hydrogens is 393 g/mol. The molecule has 0 radical (unpaired) electrons. The van der Waals surface area contributed by atoms with Crippen LogP contribution in [0.25, 0.3) is 11.0 Å². The van der Waals surface area contributed by atoms with Crippen molar-refractivity contribution in [3.05, 3.63) is 62.7 Å². The molecule has 1 N–H and O–H groups in total. The van der Waals surface area contributed by atoms with Gasteiger partial charge in [0.25, 0.3) is 0 Å². The zero-order valence-corrected chi connectivity index (χ0v) is 13.2. The molecule has 0 saturated heterocycles. The fourth-order valence-corrected chi connectivity index (χ4v) is 3.15. The lowest BCUT2D eigenvalue weighted by Gasteiger charge is -2.09. The summed E-state index contributed by atoms with van der Waals surface area (Å²) in [6.07, 6.45) is 0.510. The molecule has 0 aliphatic carbocycles. The number of hydrogen-bond acceptors (Lipinski definition) is 3. The Hall–Kier alpha value is -1.24. The molecule has 0 amide bonds. The number of aliphatic hydroxyl groups excluding tert-OH is 1. The van der Waals surface area contributed by atoms with Crippen LogP contribution >= 0.6 is 31.9 Å². The van der Waals surface area contributed by atoms with Gasteiger partial charge < -0.3 is 9.52 Å². The van der Waals surface area contributed by atoms with Crippen LogP contribution in [0.4, 0.5) is 4.39 Å². The number of rotatable bonds is 2. The standard InChI is InChI=1S/C14H8Br2FNO2/c15-8-5-9(16)12(18-6-8)13(19)11-4-7-2-1-3-10(17)14(7)20-11/h1-6,13,19H. The first kappa shape index (κ1) is 13.7. The first-order valence-electron chi connectivity index (χ1n) is 5.73. The summed E-state index contributed by atoms with van der Waals surface area (Å²) in [4.78, 5) is 4.15. The van der Waals surface area contributed by atoms with Crippen LogP contribution in [0.5, 0.6) is 0 Å². The molecule has 0 bridgehead atoms. The van der Waals surface area contributed by atoms with Crippen LogP contribution in [0.15, 0.2) is 49.9 Å². The zero-order chi connectivity index (χ0) is 14.3. The molecule has 0 fully saturated rings. The van der Waals surface area contributed by atoms with E-state index in [2.05, 4.69) is 36.8 Å². The van der Waals surface area contributed by atoms with E-state index in [0.29, 0.717) is 15.6 Å². The molecule has 3 rings (SSSR count). The van der Waals surface area contributed by atoms with Gasteiger partial charge >= 0.3 is 0 Å². The van der Waals surface area contributed by atoms with Gasteiger partial charge in [0.1, 0.15) is 5.76 Å². The number of nitrogens with zero attached hydrogens (tertiary/aromatic N) is 1. The fraction of sp³-hybridized carbons (Fsp3) is 0.0714. The minimum atomic E-state index is -1.07. The van der Waals surface area contributed by atoms with Crippen molar-refractivity contribution in [2.24, 2.45) is 0 Å². The Kier molecular flexibility index (Phi) is 3.62. The molecule has 3 nitrogen and oxygen atoms in total. The monoisotopic (exact) mass is 399 g/mol. The molecule has 102 valence electrons. The third-order valence-corrected chi connectivity index (χ3v) is 3.95. The Morgan fingerprint density at radius 3 is 2.75 bits per heavy atom. The molecule has 6 heteroatoms. The van der Waals surface area contributed by atoms with Gasteiger partial charge in [0.15, 0.2) is 17.5 Å². The third-order valence-electron chi connectivity index (χ3n) is 2.88. The van der Waals surface area contributed by atoms with Crippen molar-refractivity contribution in [1.29, 1.82) is 0 Å². The molecule has 1 unspecified atom stereocenters. The molecule has 3 aromatic rings. The molecule has 0 spiro atoms. The van der Waals surface area contributed by atoms with Crippen LogP contribution in [0, 0.1) is 5.82 Å². The predicted molar refractivity (Wildman–Crippen MR) is 79.9 cm³/mol. The lowest BCUT2D eigenvalue weighted by atomic mass is 10.1. The number of hydrogen-bond donors (Lipinski definition) is 1. The normalized spacial score (nSPS) is 12.8. The Bertz CT molecular complexity index is 788. The second-order valence-electron chi connectivity index (χ2n) is 4.23. The Morgan fingerprint density at radius 1 is 1.25 bits per heavy atom. The molecule has 1 aromatic carbocycles. The fourth-order valence-electron chi connectivity index (χ4n) is 1.94. The third kappa shape index (κ3) is 2.39. The summed E-state index contributed by atoms with van der Waals surface area (Å²) in [6.45, 7) is 0. The van der Waals surface area contributed by atoms with E-state index < -0.39 is 11.9 Å². The number of halogens is 3. The molecule has 0 aliphatic rings. The largest absolute Gasteiger partial charge is 0.455 e. The molecule has 0 saturated carbocycles. The molecule has 2 aromatic heterocycles. The quantitative estimate of drug-likeness (QED) is 0.685. The Morgan fingerprint density at radius 2 is 2.05 bits per heavy atom. The van der Waals surface area contributed by atoms with E-state index in [1.165, 1.54) is 6.07 Å². The zero-order valence-electron chi connectivity index (χ0n) is 9.98. The highest BCUT2D eigenvalue weighted by atomic mass is 79.9. The summed E-state index contributed by atoms with van der Waals surface area (Å²) in [6, 6.07) is 8.02. The predicted octanol–water partition coefficient (Wildman–Crippen LogP) is 4.57. The molecule has 20 heavy (non-hydrogen) atoms. The molecular formula is C14H8Br2FNO2. The van der Waals surface area contributed by atoms with Gasteiger partial charge in [0.05, 0.1) is 5.69 Å². The van der Waals surface area contributed by atoms with Gasteiger partial charge in [0, 0.05) is 20.5 Å². The summed E-state index contributed by atoms with van der Waals surface area (Å²) in [5, 5.41) is 10.9. The molecule has 2 heterocycles. The van der Waals surface area contributed by atoms with Crippen molar-refractivity contribution >= 4 is 42.8 Å². The smallest absolute Gasteiger partial charge is 0.170 e. The van der Waals surface area contributed by atoms with Gasteiger partial charge in [-0.3, -0.25) is 4.98 Å². The van der Waals surface area contributed by atoms with E-state index in [1.807, 2.05) is 0 Å². The average molecular weight is 401 g/mol. The van der Waals surface area contributed by atoms with Crippen LogP contribution in [0.1, 0.15) is 17.6 Å².